The molecule has 3 heterocycles. The van der Waals surface area contributed by atoms with Crippen molar-refractivity contribution in [2.45, 2.75) is 46.2 Å². The molecule has 2 atom stereocenters. The van der Waals surface area contributed by atoms with Gasteiger partial charge in [-0.05, 0) is 98.6 Å². The number of aromatic nitrogens is 2. The van der Waals surface area contributed by atoms with E-state index < -0.39 is 0 Å². The van der Waals surface area contributed by atoms with Gasteiger partial charge in [0.1, 0.15) is 6.61 Å². The zero-order chi connectivity index (χ0) is 28.4. The normalized spacial score (nSPS) is 16.7. The smallest absolute Gasteiger partial charge is 0.250 e. The standard InChI is InChI=1S/C32H35N5O2S/c1-6-23-11-7-8-13-28(23)36-21(3)18-25(22(36)4)31-30(27-12-9-10-16-33-27)35-32(40)37(31)24-14-15-26(20(2)17-24)34-29(38)19-39-5/h7-18,30-31H,6,19H2,1-5H3,(H,34,38)(H,35,40)/t30-,31-/m0/s1. The van der Waals surface area contributed by atoms with Gasteiger partial charge in [-0.3, -0.25) is 9.78 Å². The molecule has 2 aromatic heterocycles. The third-order valence-electron chi connectivity index (χ3n) is 7.54. The average Bonchev–Trinajstić information content (AvgIpc) is 3.45. The number of anilines is 2. The lowest BCUT2D eigenvalue weighted by Gasteiger charge is -2.29. The minimum atomic E-state index is -0.190. The van der Waals surface area contributed by atoms with Gasteiger partial charge in [-0.2, -0.15) is 0 Å². The Morgan fingerprint density at radius 1 is 1.07 bits per heavy atom. The van der Waals surface area contributed by atoms with Crippen LogP contribution in [0.4, 0.5) is 11.4 Å². The van der Waals surface area contributed by atoms with Gasteiger partial charge in [0, 0.05) is 41.8 Å². The molecular formula is C32H35N5O2S. The van der Waals surface area contributed by atoms with Crippen LogP contribution in [0.25, 0.3) is 5.69 Å². The van der Waals surface area contributed by atoms with Crippen LogP contribution >= 0.6 is 12.2 Å². The third kappa shape index (κ3) is 5.12. The predicted molar refractivity (Wildman–Crippen MR) is 164 cm³/mol. The Kier molecular flexibility index (Phi) is 8.00. The van der Waals surface area contributed by atoms with Crippen molar-refractivity contribution in [3.63, 3.8) is 0 Å². The Morgan fingerprint density at radius 2 is 1.85 bits per heavy atom. The lowest BCUT2D eigenvalue weighted by Crippen LogP contribution is -2.29. The molecule has 0 aliphatic carbocycles. The fourth-order valence-corrected chi connectivity index (χ4v) is 6.04. The Bertz CT molecular complexity index is 1550. The van der Waals surface area contributed by atoms with Crippen molar-refractivity contribution in [3.8, 4) is 5.69 Å². The molecule has 2 aromatic carbocycles. The number of pyridine rings is 1. The molecular weight excluding hydrogens is 518 g/mol. The number of carbonyl (C=O) groups is 1. The van der Waals surface area contributed by atoms with Gasteiger partial charge in [-0.15, -0.1) is 0 Å². The zero-order valence-corrected chi connectivity index (χ0v) is 24.4. The number of ether oxygens (including phenoxy) is 1. The molecule has 1 amide bonds. The number of thiocarbonyl (C=S) groups is 1. The predicted octanol–water partition coefficient (Wildman–Crippen LogP) is 6.12. The molecule has 40 heavy (non-hydrogen) atoms. The highest BCUT2D eigenvalue weighted by Gasteiger charge is 2.42. The Balaban J connectivity index is 1.62. The van der Waals surface area contributed by atoms with Crippen LogP contribution in [0.15, 0.2) is 72.9 Å². The van der Waals surface area contributed by atoms with Crippen LogP contribution in [0.5, 0.6) is 0 Å². The summed E-state index contributed by atoms with van der Waals surface area (Å²) in [6.45, 7) is 8.52. The molecule has 5 rings (SSSR count). The van der Waals surface area contributed by atoms with E-state index in [1.807, 2.05) is 43.5 Å². The molecule has 7 nitrogen and oxygen atoms in total. The Hall–Kier alpha value is -4.01. The quantitative estimate of drug-likeness (QED) is 0.256. The van der Waals surface area contributed by atoms with Crippen LogP contribution in [-0.4, -0.2) is 34.3 Å². The minimum Gasteiger partial charge on any atom is -0.375 e. The number of benzene rings is 2. The summed E-state index contributed by atoms with van der Waals surface area (Å²) in [6, 6.07) is 22.5. The Labute approximate surface area is 241 Å². The molecule has 1 aliphatic rings. The molecule has 8 heteroatoms. The summed E-state index contributed by atoms with van der Waals surface area (Å²) in [4.78, 5) is 19.0. The first-order chi connectivity index (χ1) is 19.3. The summed E-state index contributed by atoms with van der Waals surface area (Å²) >= 11 is 5.97. The second kappa shape index (κ2) is 11.6. The maximum atomic E-state index is 12.1. The van der Waals surface area contributed by atoms with Crippen LogP contribution in [0.2, 0.25) is 0 Å². The molecule has 1 saturated heterocycles. The maximum absolute atomic E-state index is 12.1. The van der Waals surface area contributed by atoms with Gasteiger partial charge in [0.05, 0.1) is 17.8 Å². The van der Waals surface area contributed by atoms with E-state index in [0.717, 1.165) is 29.1 Å². The molecule has 0 radical (unpaired) electrons. The highest BCUT2D eigenvalue weighted by Crippen LogP contribution is 2.44. The van der Waals surface area contributed by atoms with Crippen LogP contribution in [0.1, 0.15) is 52.8 Å². The summed E-state index contributed by atoms with van der Waals surface area (Å²) in [5, 5.41) is 7.12. The highest BCUT2D eigenvalue weighted by molar-refractivity contribution is 7.80. The monoisotopic (exact) mass is 553 g/mol. The molecule has 206 valence electrons. The van der Waals surface area contributed by atoms with Crippen LogP contribution in [0.3, 0.4) is 0 Å². The third-order valence-corrected chi connectivity index (χ3v) is 7.85. The number of methoxy groups -OCH3 is 1. The van der Waals surface area contributed by atoms with Gasteiger partial charge in [0.2, 0.25) is 5.91 Å². The number of nitrogens with zero attached hydrogens (tertiary/aromatic N) is 3. The molecule has 0 spiro atoms. The molecule has 0 unspecified atom stereocenters. The second-order valence-corrected chi connectivity index (χ2v) is 10.5. The van der Waals surface area contributed by atoms with Crippen LogP contribution < -0.4 is 15.5 Å². The maximum Gasteiger partial charge on any atom is 0.250 e. The van der Waals surface area contributed by atoms with Crippen LogP contribution in [0, 0.1) is 20.8 Å². The van der Waals surface area contributed by atoms with E-state index in [1.165, 1.54) is 35.3 Å². The van der Waals surface area contributed by atoms with Crippen molar-refractivity contribution in [1.82, 2.24) is 14.9 Å². The number of nitrogens with one attached hydrogen (secondary N) is 2. The second-order valence-electron chi connectivity index (χ2n) is 10.1. The first-order valence-electron chi connectivity index (χ1n) is 13.5. The number of para-hydroxylation sites is 1. The van der Waals surface area contributed by atoms with Crippen molar-refractivity contribution in [2.24, 2.45) is 0 Å². The van der Waals surface area contributed by atoms with Crippen molar-refractivity contribution in [1.29, 1.82) is 0 Å². The molecule has 0 saturated carbocycles. The van der Waals surface area contributed by atoms with Gasteiger partial charge in [0.25, 0.3) is 0 Å². The van der Waals surface area contributed by atoms with Crippen molar-refractivity contribution >= 4 is 34.6 Å². The number of hydrogen-bond acceptors (Lipinski definition) is 4. The van der Waals surface area contributed by atoms with Crippen LogP contribution in [-0.2, 0) is 16.0 Å². The first-order valence-corrected chi connectivity index (χ1v) is 13.9. The van der Waals surface area contributed by atoms with E-state index in [0.29, 0.717) is 5.11 Å². The van der Waals surface area contributed by atoms with Crippen molar-refractivity contribution < 1.29 is 9.53 Å². The first kappa shape index (κ1) is 27.6. The van der Waals surface area contributed by atoms with Gasteiger partial charge in [0.15, 0.2) is 5.11 Å². The molecule has 0 bridgehead atoms. The van der Waals surface area contributed by atoms with Gasteiger partial charge in [-0.25, -0.2) is 0 Å². The fourth-order valence-electron chi connectivity index (χ4n) is 5.69. The largest absolute Gasteiger partial charge is 0.375 e. The van der Waals surface area contributed by atoms with E-state index in [4.69, 9.17) is 21.9 Å². The molecule has 1 aliphatic heterocycles. The molecule has 4 aromatic rings. The summed E-state index contributed by atoms with van der Waals surface area (Å²) < 4.78 is 7.32. The summed E-state index contributed by atoms with van der Waals surface area (Å²) in [5.41, 5.74) is 9.57. The highest BCUT2D eigenvalue weighted by atomic mass is 32.1. The van der Waals surface area contributed by atoms with Crippen molar-refractivity contribution in [3.05, 3.63) is 107 Å². The number of amides is 1. The summed E-state index contributed by atoms with van der Waals surface area (Å²) in [6.07, 6.45) is 2.77. The van der Waals surface area contributed by atoms with E-state index in [1.54, 1.807) is 0 Å². The van der Waals surface area contributed by atoms with Crippen molar-refractivity contribution in [2.75, 3.05) is 23.9 Å². The topological polar surface area (TPSA) is 71.4 Å². The lowest BCUT2D eigenvalue weighted by molar-refractivity contribution is -0.119. The van der Waals surface area contributed by atoms with E-state index >= 15 is 0 Å². The summed E-state index contributed by atoms with van der Waals surface area (Å²) in [7, 11) is 1.51. The number of aryl methyl sites for hydroxylation is 3. The molecule has 1 fully saturated rings. The van der Waals surface area contributed by atoms with Gasteiger partial charge >= 0.3 is 0 Å². The number of rotatable bonds is 8. The summed E-state index contributed by atoms with van der Waals surface area (Å²) in [5.74, 6) is -0.190. The molecule has 2 N–H and O–H groups in total. The Morgan fingerprint density at radius 3 is 2.55 bits per heavy atom. The fraction of sp³-hybridized carbons (Fsp3) is 0.281. The number of hydrogen-bond donors (Lipinski definition) is 2. The average molecular weight is 554 g/mol. The van der Waals surface area contributed by atoms with Gasteiger partial charge < -0.3 is 24.8 Å². The van der Waals surface area contributed by atoms with E-state index in [-0.39, 0.29) is 24.6 Å². The van der Waals surface area contributed by atoms with Gasteiger partial charge in [-0.1, -0.05) is 31.2 Å². The number of carbonyl (C=O) groups excluding carboxylic acids is 1. The zero-order valence-electron chi connectivity index (χ0n) is 23.6. The lowest BCUT2D eigenvalue weighted by atomic mass is 9.96. The van der Waals surface area contributed by atoms with E-state index in [9.17, 15) is 4.79 Å². The SMILES string of the molecule is CCc1ccccc1-n1c(C)cc([C@H]2[C@H](c3ccccn3)NC(=S)N2c2ccc(NC(=O)COC)c(C)c2)c1C. The minimum absolute atomic E-state index is 0.00588. The van der Waals surface area contributed by atoms with E-state index in [2.05, 4.69) is 77.3 Å².